The van der Waals surface area contributed by atoms with E-state index in [1.165, 1.54) is 12.0 Å². The lowest BCUT2D eigenvalue weighted by atomic mass is 9.98. The molecule has 1 atom stereocenters. The van der Waals surface area contributed by atoms with Crippen LogP contribution in [0.3, 0.4) is 0 Å². The molecule has 2 nitrogen and oxygen atoms in total. The van der Waals surface area contributed by atoms with Gasteiger partial charge in [0.15, 0.2) is 0 Å². The minimum Gasteiger partial charge on any atom is -0.316 e. The smallest absolute Gasteiger partial charge is 0.0991 e. The van der Waals surface area contributed by atoms with Crippen LogP contribution >= 0.6 is 12.4 Å². The van der Waals surface area contributed by atoms with Crippen LogP contribution in [0.1, 0.15) is 23.5 Å². The third-order valence-corrected chi connectivity index (χ3v) is 2.57. The Labute approximate surface area is 90.3 Å². The lowest BCUT2D eigenvalue weighted by Gasteiger charge is -2.07. The van der Waals surface area contributed by atoms with E-state index in [2.05, 4.69) is 23.5 Å². The zero-order chi connectivity index (χ0) is 9.10. The zero-order valence-corrected chi connectivity index (χ0v) is 8.68. The normalized spacial score (nSPS) is 19.8. The largest absolute Gasteiger partial charge is 0.316 e. The summed E-state index contributed by atoms with van der Waals surface area (Å²) in [5, 5.41) is 12.0. The molecule has 0 aromatic heterocycles. The first-order chi connectivity index (χ1) is 6.40. The van der Waals surface area contributed by atoms with E-state index >= 15 is 0 Å². The third-order valence-electron chi connectivity index (χ3n) is 2.57. The predicted octanol–water partition coefficient (Wildman–Crippen LogP) is 2.06. The molecule has 0 saturated carbocycles. The van der Waals surface area contributed by atoms with Gasteiger partial charge in [-0.1, -0.05) is 12.1 Å². The second kappa shape index (κ2) is 4.99. The Hall–Kier alpha value is -1.04. The van der Waals surface area contributed by atoms with Gasteiger partial charge in [0.25, 0.3) is 0 Å². The molecule has 1 aliphatic rings. The summed E-state index contributed by atoms with van der Waals surface area (Å²) in [6, 6.07) is 10.1. The fourth-order valence-corrected chi connectivity index (χ4v) is 1.77. The lowest BCUT2D eigenvalue weighted by Crippen LogP contribution is -2.07. The van der Waals surface area contributed by atoms with Crippen LogP contribution in [0.4, 0.5) is 0 Å². The summed E-state index contributed by atoms with van der Waals surface area (Å²) in [5.74, 6) is 0.646. The highest BCUT2D eigenvalue weighted by molar-refractivity contribution is 5.85. The van der Waals surface area contributed by atoms with E-state index in [0.717, 1.165) is 18.7 Å². The van der Waals surface area contributed by atoms with Crippen LogP contribution in [0, 0.1) is 11.3 Å². The van der Waals surface area contributed by atoms with Gasteiger partial charge in [-0.3, -0.25) is 0 Å². The molecule has 0 unspecified atom stereocenters. The van der Waals surface area contributed by atoms with Crippen molar-refractivity contribution in [3.05, 3.63) is 35.4 Å². The van der Waals surface area contributed by atoms with Crippen LogP contribution < -0.4 is 5.32 Å². The molecule has 1 aromatic carbocycles. The molecule has 1 heterocycles. The van der Waals surface area contributed by atoms with Crippen LogP contribution in [-0.4, -0.2) is 13.1 Å². The highest BCUT2D eigenvalue weighted by Gasteiger charge is 2.15. The van der Waals surface area contributed by atoms with Crippen LogP contribution in [0.5, 0.6) is 0 Å². The number of nitrogens with one attached hydrogen (secondary N) is 1. The van der Waals surface area contributed by atoms with Crippen LogP contribution in [0.15, 0.2) is 24.3 Å². The summed E-state index contributed by atoms with van der Waals surface area (Å²) in [6.45, 7) is 2.19. The van der Waals surface area contributed by atoms with Crippen LogP contribution in [-0.2, 0) is 0 Å². The van der Waals surface area contributed by atoms with E-state index in [1.807, 2.05) is 12.1 Å². The minimum atomic E-state index is 0. The Morgan fingerprint density at radius 3 is 2.50 bits per heavy atom. The van der Waals surface area contributed by atoms with Gasteiger partial charge in [0.2, 0.25) is 0 Å². The van der Waals surface area contributed by atoms with Crippen molar-refractivity contribution in [3.8, 4) is 6.07 Å². The molecule has 3 heteroatoms. The van der Waals surface area contributed by atoms with Gasteiger partial charge in [0.1, 0.15) is 0 Å². The molecule has 2 rings (SSSR count). The number of nitriles is 1. The van der Waals surface area contributed by atoms with E-state index in [4.69, 9.17) is 5.26 Å². The van der Waals surface area contributed by atoms with Crippen molar-refractivity contribution < 1.29 is 0 Å². The fourth-order valence-electron chi connectivity index (χ4n) is 1.77. The van der Waals surface area contributed by atoms with Gasteiger partial charge in [0, 0.05) is 6.54 Å². The van der Waals surface area contributed by atoms with Gasteiger partial charge < -0.3 is 5.32 Å². The lowest BCUT2D eigenvalue weighted by molar-refractivity contribution is 0.763. The van der Waals surface area contributed by atoms with E-state index in [-0.39, 0.29) is 12.4 Å². The van der Waals surface area contributed by atoms with E-state index in [1.54, 1.807) is 0 Å². The van der Waals surface area contributed by atoms with Crippen molar-refractivity contribution in [1.82, 2.24) is 5.32 Å². The summed E-state index contributed by atoms with van der Waals surface area (Å²) in [5.41, 5.74) is 2.10. The molecular formula is C11H13ClN2. The van der Waals surface area contributed by atoms with Gasteiger partial charge in [-0.25, -0.2) is 0 Å². The zero-order valence-electron chi connectivity index (χ0n) is 7.86. The summed E-state index contributed by atoms with van der Waals surface area (Å²) >= 11 is 0. The average molecular weight is 209 g/mol. The fraction of sp³-hybridized carbons (Fsp3) is 0.364. The van der Waals surface area contributed by atoms with Crippen molar-refractivity contribution in [2.24, 2.45) is 0 Å². The number of benzene rings is 1. The Bertz CT molecular complexity index is 320. The molecule has 74 valence electrons. The Balaban J connectivity index is 0.000000980. The maximum atomic E-state index is 8.63. The average Bonchev–Trinajstić information content (AvgIpc) is 2.71. The van der Waals surface area contributed by atoms with Crippen molar-refractivity contribution >= 4 is 12.4 Å². The van der Waals surface area contributed by atoms with Crippen molar-refractivity contribution in [1.29, 1.82) is 5.26 Å². The van der Waals surface area contributed by atoms with Gasteiger partial charge in [-0.15, -0.1) is 12.4 Å². The standard InChI is InChI=1S/C11H12N2.ClH/c12-7-9-1-3-10(4-2-9)11-5-6-13-8-11;/h1-4,11,13H,5-6,8H2;1H/t11-;/m0./s1. The summed E-state index contributed by atoms with van der Waals surface area (Å²) in [4.78, 5) is 0. The van der Waals surface area contributed by atoms with Gasteiger partial charge >= 0.3 is 0 Å². The van der Waals surface area contributed by atoms with E-state index in [0.29, 0.717) is 5.92 Å². The maximum absolute atomic E-state index is 8.63. The van der Waals surface area contributed by atoms with Crippen LogP contribution in [0.2, 0.25) is 0 Å². The molecule has 0 bridgehead atoms. The molecule has 0 aliphatic carbocycles. The first kappa shape index (κ1) is 11.0. The molecule has 1 aromatic rings. The summed E-state index contributed by atoms with van der Waals surface area (Å²) in [6.07, 6.45) is 1.21. The summed E-state index contributed by atoms with van der Waals surface area (Å²) < 4.78 is 0. The maximum Gasteiger partial charge on any atom is 0.0991 e. The number of hydrogen-bond donors (Lipinski definition) is 1. The molecule has 14 heavy (non-hydrogen) atoms. The Morgan fingerprint density at radius 2 is 2.00 bits per heavy atom. The first-order valence-electron chi connectivity index (χ1n) is 4.61. The van der Waals surface area contributed by atoms with E-state index in [9.17, 15) is 0 Å². The molecule has 0 amide bonds. The molecule has 0 radical (unpaired) electrons. The van der Waals surface area contributed by atoms with Crippen molar-refractivity contribution in [2.45, 2.75) is 12.3 Å². The van der Waals surface area contributed by atoms with Crippen molar-refractivity contribution in [3.63, 3.8) is 0 Å². The van der Waals surface area contributed by atoms with Gasteiger partial charge in [0.05, 0.1) is 11.6 Å². The van der Waals surface area contributed by atoms with E-state index < -0.39 is 0 Å². The number of nitrogens with zero attached hydrogens (tertiary/aromatic N) is 1. The predicted molar refractivity (Wildman–Crippen MR) is 58.6 cm³/mol. The minimum absolute atomic E-state index is 0. The molecule has 1 N–H and O–H groups in total. The first-order valence-corrected chi connectivity index (χ1v) is 4.61. The monoisotopic (exact) mass is 208 g/mol. The SMILES string of the molecule is Cl.N#Cc1ccc([C@H]2CCNC2)cc1. The van der Waals surface area contributed by atoms with Gasteiger partial charge in [-0.05, 0) is 36.6 Å². The highest BCUT2D eigenvalue weighted by atomic mass is 35.5. The Kier molecular flexibility index (Phi) is 3.94. The topological polar surface area (TPSA) is 35.8 Å². The number of halogens is 1. The summed E-state index contributed by atoms with van der Waals surface area (Å²) in [7, 11) is 0. The molecule has 0 spiro atoms. The second-order valence-corrected chi connectivity index (χ2v) is 3.42. The second-order valence-electron chi connectivity index (χ2n) is 3.42. The number of hydrogen-bond acceptors (Lipinski definition) is 2. The van der Waals surface area contributed by atoms with Gasteiger partial charge in [-0.2, -0.15) is 5.26 Å². The third kappa shape index (κ3) is 2.25. The molecular weight excluding hydrogens is 196 g/mol. The number of rotatable bonds is 1. The Morgan fingerprint density at radius 1 is 1.29 bits per heavy atom. The van der Waals surface area contributed by atoms with Crippen molar-refractivity contribution in [2.75, 3.05) is 13.1 Å². The van der Waals surface area contributed by atoms with Crippen LogP contribution in [0.25, 0.3) is 0 Å². The molecule has 1 fully saturated rings. The quantitative estimate of drug-likeness (QED) is 0.767. The molecule has 1 aliphatic heterocycles. The highest BCUT2D eigenvalue weighted by Crippen LogP contribution is 2.22. The molecule has 1 saturated heterocycles.